The van der Waals surface area contributed by atoms with Crippen LogP contribution < -0.4 is 14.8 Å². The molecular formula is C21H23N3O4S2. The van der Waals surface area contributed by atoms with Crippen LogP contribution in [0.1, 0.15) is 23.2 Å². The molecule has 0 aliphatic rings. The molecule has 0 saturated carbocycles. The topological polar surface area (TPSA) is 97.4 Å². The van der Waals surface area contributed by atoms with Crippen LogP contribution in [0.5, 0.6) is 5.75 Å². The number of aryl methyl sites for hydroxylation is 2. The van der Waals surface area contributed by atoms with Gasteiger partial charge in [0.1, 0.15) is 5.75 Å². The van der Waals surface area contributed by atoms with Gasteiger partial charge in [-0.25, -0.2) is 13.4 Å². The van der Waals surface area contributed by atoms with Crippen LogP contribution in [0.25, 0.3) is 0 Å². The molecule has 7 nitrogen and oxygen atoms in total. The number of benzene rings is 2. The predicted molar refractivity (Wildman–Crippen MR) is 117 cm³/mol. The average Bonchev–Trinajstić information content (AvgIpc) is 3.18. The largest absolute Gasteiger partial charge is 0.497 e. The molecule has 0 bridgehead atoms. The van der Waals surface area contributed by atoms with E-state index in [-0.39, 0.29) is 22.4 Å². The van der Waals surface area contributed by atoms with Crippen molar-refractivity contribution in [2.75, 3.05) is 11.8 Å². The second-order valence-electron chi connectivity index (χ2n) is 6.69. The molecule has 1 amide bonds. The lowest BCUT2D eigenvalue weighted by Gasteiger charge is -2.06. The highest BCUT2D eigenvalue weighted by molar-refractivity contribution is 7.93. The number of sulfonamides is 1. The van der Waals surface area contributed by atoms with Gasteiger partial charge < -0.3 is 10.1 Å². The maximum absolute atomic E-state index is 12.4. The first-order valence-electron chi connectivity index (χ1n) is 9.29. The number of carbonyl (C=O) groups is 1. The van der Waals surface area contributed by atoms with Crippen molar-refractivity contribution < 1.29 is 17.9 Å². The summed E-state index contributed by atoms with van der Waals surface area (Å²) in [7, 11) is -2.08. The Kier molecular flexibility index (Phi) is 7.07. The molecule has 0 aliphatic carbocycles. The summed E-state index contributed by atoms with van der Waals surface area (Å²) in [6.45, 7) is 2.32. The lowest BCUT2D eigenvalue weighted by Crippen LogP contribution is -2.23. The van der Waals surface area contributed by atoms with E-state index in [2.05, 4.69) is 15.0 Å². The SMILES string of the molecule is COc1ccc(CNC(=O)CCc2csc(NS(=O)(=O)c3ccc(C)cc3)n2)cc1. The van der Waals surface area contributed by atoms with Gasteiger partial charge in [-0.1, -0.05) is 29.8 Å². The Morgan fingerprint density at radius 2 is 1.80 bits per heavy atom. The standard InChI is InChI=1S/C21H23N3O4S2/c1-15-3-10-19(11-4-15)30(26,27)24-21-23-17(14-29-21)7-12-20(25)22-13-16-5-8-18(28-2)9-6-16/h3-6,8-11,14H,7,12-13H2,1-2H3,(H,22,25)(H,23,24). The normalized spacial score (nSPS) is 11.1. The van der Waals surface area contributed by atoms with Gasteiger partial charge in [0.15, 0.2) is 5.13 Å². The van der Waals surface area contributed by atoms with Crippen LogP contribution in [0.15, 0.2) is 58.8 Å². The minimum absolute atomic E-state index is 0.0967. The van der Waals surface area contributed by atoms with Gasteiger partial charge in [0.25, 0.3) is 10.0 Å². The maximum atomic E-state index is 12.4. The molecule has 3 aromatic rings. The fourth-order valence-corrected chi connectivity index (χ4v) is 4.63. The van der Waals surface area contributed by atoms with Crippen molar-refractivity contribution in [2.45, 2.75) is 31.2 Å². The Hall–Kier alpha value is -2.91. The van der Waals surface area contributed by atoms with E-state index in [1.165, 1.54) is 11.3 Å². The molecule has 0 unspecified atom stereocenters. The quantitative estimate of drug-likeness (QED) is 0.525. The van der Waals surface area contributed by atoms with Crippen molar-refractivity contribution in [2.24, 2.45) is 0 Å². The van der Waals surface area contributed by atoms with Crippen LogP contribution in [0.2, 0.25) is 0 Å². The summed E-state index contributed by atoms with van der Waals surface area (Å²) in [5.74, 6) is 0.669. The first-order valence-corrected chi connectivity index (χ1v) is 11.7. The Balaban J connectivity index is 1.48. The summed E-state index contributed by atoms with van der Waals surface area (Å²) in [5.41, 5.74) is 2.63. The summed E-state index contributed by atoms with van der Waals surface area (Å²) in [5, 5.41) is 4.90. The van der Waals surface area contributed by atoms with Crippen molar-refractivity contribution in [3.8, 4) is 5.75 Å². The van der Waals surface area contributed by atoms with Crippen molar-refractivity contribution in [3.05, 3.63) is 70.7 Å². The van der Waals surface area contributed by atoms with Crippen molar-refractivity contribution in [3.63, 3.8) is 0 Å². The minimum Gasteiger partial charge on any atom is -0.497 e. The van der Waals surface area contributed by atoms with Gasteiger partial charge >= 0.3 is 0 Å². The molecule has 9 heteroatoms. The Morgan fingerprint density at radius 3 is 2.47 bits per heavy atom. The van der Waals surface area contributed by atoms with Crippen molar-refractivity contribution in [1.82, 2.24) is 10.3 Å². The molecule has 0 aliphatic heterocycles. The van der Waals surface area contributed by atoms with E-state index in [4.69, 9.17) is 4.74 Å². The molecule has 30 heavy (non-hydrogen) atoms. The Labute approximate surface area is 180 Å². The summed E-state index contributed by atoms with van der Waals surface area (Å²) in [4.78, 5) is 16.6. The lowest BCUT2D eigenvalue weighted by molar-refractivity contribution is -0.121. The average molecular weight is 446 g/mol. The number of ether oxygens (including phenoxy) is 1. The number of nitrogens with zero attached hydrogens (tertiary/aromatic N) is 1. The molecule has 0 saturated heterocycles. The number of hydrogen-bond donors (Lipinski definition) is 2. The van der Waals surface area contributed by atoms with Gasteiger partial charge in [-0.2, -0.15) is 0 Å². The van der Waals surface area contributed by atoms with Crippen LogP contribution in [-0.4, -0.2) is 26.4 Å². The van der Waals surface area contributed by atoms with Crippen LogP contribution in [0.4, 0.5) is 5.13 Å². The monoisotopic (exact) mass is 445 g/mol. The molecule has 2 aromatic carbocycles. The first-order chi connectivity index (χ1) is 14.4. The van der Waals surface area contributed by atoms with E-state index in [0.717, 1.165) is 16.9 Å². The van der Waals surface area contributed by atoms with Gasteiger partial charge in [-0.05, 0) is 43.2 Å². The van der Waals surface area contributed by atoms with E-state index in [1.807, 2.05) is 31.2 Å². The maximum Gasteiger partial charge on any atom is 0.263 e. The highest BCUT2D eigenvalue weighted by Crippen LogP contribution is 2.21. The summed E-state index contributed by atoms with van der Waals surface area (Å²) in [6.07, 6.45) is 0.696. The fourth-order valence-electron chi connectivity index (χ4n) is 2.63. The third-order valence-electron chi connectivity index (χ3n) is 4.36. The number of hydrogen-bond acceptors (Lipinski definition) is 6. The van der Waals surface area contributed by atoms with Crippen LogP contribution in [0.3, 0.4) is 0 Å². The number of anilines is 1. The number of aromatic nitrogens is 1. The van der Waals surface area contributed by atoms with Crippen molar-refractivity contribution >= 4 is 32.4 Å². The second kappa shape index (κ2) is 9.73. The molecule has 1 aromatic heterocycles. The highest BCUT2D eigenvalue weighted by Gasteiger charge is 2.16. The van der Waals surface area contributed by atoms with E-state index in [9.17, 15) is 13.2 Å². The van der Waals surface area contributed by atoms with Crippen LogP contribution in [-0.2, 0) is 27.8 Å². The molecule has 2 N–H and O–H groups in total. The Morgan fingerprint density at radius 1 is 1.10 bits per heavy atom. The minimum atomic E-state index is -3.68. The molecule has 0 fully saturated rings. The van der Waals surface area contributed by atoms with Crippen LogP contribution >= 0.6 is 11.3 Å². The second-order valence-corrected chi connectivity index (χ2v) is 9.23. The van der Waals surface area contributed by atoms with E-state index >= 15 is 0 Å². The molecule has 0 radical (unpaired) electrons. The summed E-state index contributed by atoms with van der Waals surface area (Å²) < 4.78 is 32.5. The smallest absolute Gasteiger partial charge is 0.263 e. The zero-order valence-electron chi connectivity index (χ0n) is 16.7. The van der Waals surface area contributed by atoms with Gasteiger partial charge in [0.05, 0.1) is 17.7 Å². The fraction of sp³-hybridized carbons (Fsp3) is 0.238. The van der Waals surface area contributed by atoms with E-state index in [1.54, 1.807) is 36.8 Å². The zero-order valence-corrected chi connectivity index (χ0v) is 18.3. The van der Waals surface area contributed by atoms with E-state index < -0.39 is 10.0 Å². The molecule has 0 spiro atoms. The number of thiazole rings is 1. The molecule has 0 atom stereocenters. The van der Waals surface area contributed by atoms with Gasteiger partial charge in [0.2, 0.25) is 5.91 Å². The number of amides is 1. The summed E-state index contributed by atoms with van der Waals surface area (Å²) in [6, 6.07) is 14.1. The number of methoxy groups -OCH3 is 1. The van der Waals surface area contributed by atoms with E-state index in [0.29, 0.717) is 18.7 Å². The number of rotatable bonds is 9. The molecular weight excluding hydrogens is 422 g/mol. The predicted octanol–water partition coefficient (Wildman–Crippen LogP) is 3.51. The molecule has 158 valence electrons. The summed E-state index contributed by atoms with van der Waals surface area (Å²) >= 11 is 1.19. The Bertz CT molecular complexity index is 1090. The third-order valence-corrected chi connectivity index (χ3v) is 6.65. The lowest BCUT2D eigenvalue weighted by atomic mass is 10.2. The molecule has 3 rings (SSSR count). The first kappa shape index (κ1) is 21.8. The number of carbonyl (C=O) groups excluding carboxylic acids is 1. The van der Waals surface area contributed by atoms with Gasteiger partial charge in [-0.3, -0.25) is 9.52 Å². The van der Waals surface area contributed by atoms with Gasteiger partial charge in [-0.15, -0.1) is 11.3 Å². The zero-order chi connectivity index (χ0) is 21.6. The molecule has 1 heterocycles. The van der Waals surface area contributed by atoms with Gasteiger partial charge in [0, 0.05) is 18.3 Å². The van der Waals surface area contributed by atoms with Crippen molar-refractivity contribution in [1.29, 1.82) is 0 Å². The number of nitrogens with one attached hydrogen (secondary N) is 2. The van der Waals surface area contributed by atoms with Crippen LogP contribution in [0, 0.1) is 6.92 Å². The third kappa shape index (κ3) is 6.04. The highest BCUT2D eigenvalue weighted by atomic mass is 32.2.